The third-order valence-corrected chi connectivity index (χ3v) is 4.18. The molecule has 0 spiro atoms. The van der Waals surface area contributed by atoms with E-state index >= 15 is 0 Å². The van der Waals surface area contributed by atoms with Crippen LogP contribution >= 0.6 is 0 Å². The van der Waals surface area contributed by atoms with Gasteiger partial charge in [0.15, 0.2) is 0 Å². The van der Waals surface area contributed by atoms with Gasteiger partial charge < -0.3 is 10.6 Å². The Morgan fingerprint density at radius 2 is 1.10 bits per heavy atom. The van der Waals surface area contributed by atoms with E-state index in [1.165, 1.54) is 90.1 Å². The summed E-state index contributed by atoms with van der Waals surface area (Å²) in [5.41, 5.74) is 0. The van der Waals surface area contributed by atoms with Crippen molar-refractivity contribution in [2.45, 2.75) is 104 Å². The predicted molar refractivity (Wildman–Crippen MR) is 97.1 cm³/mol. The van der Waals surface area contributed by atoms with Gasteiger partial charge in [-0.1, -0.05) is 78.1 Å². The summed E-state index contributed by atoms with van der Waals surface area (Å²) in [6.07, 6.45) is 16.7. The van der Waals surface area contributed by atoms with Gasteiger partial charge in [-0.15, -0.1) is 0 Å². The minimum Gasteiger partial charge on any atom is -0.315 e. The molecular formula is C19H42N2. The average Bonchev–Trinajstić information content (AvgIpc) is 2.49. The van der Waals surface area contributed by atoms with E-state index < -0.39 is 0 Å². The molecule has 2 N–H and O–H groups in total. The van der Waals surface area contributed by atoms with Crippen LogP contribution in [0.3, 0.4) is 0 Å². The van der Waals surface area contributed by atoms with E-state index in [9.17, 15) is 0 Å². The molecule has 0 aliphatic heterocycles. The average molecular weight is 299 g/mol. The highest BCUT2D eigenvalue weighted by Gasteiger charge is 1.99. The van der Waals surface area contributed by atoms with Crippen molar-refractivity contribution in [1.82, 2.24) is 10.6 Å². The highest BCUT2D eigenvalue weighted by atomic mass is 15.0. The first-order valence-corrected chi connectivity index (χ1v) is 9.75. The van der Waals surface area contributed by atoms with Crippen LogP contribution in [-0.4, -0.2) is 25.7 Å². The van der Waals surface area contributed by atoms with E-state index in [1.54, 1.807) is 0 Å². The van der Waals surface area contributed by atoms with Crippen molar-refractivity contribution >= 4 is 0 Å². The zero-order chi connectivity index (χ0) is 15.6. The van der Waals surface area contributed by atoms with Crippen molar-refractivity contribution in [2.24, 2.45) is 0 Å². The lowest BCUT2D eigenvalue weighted by Gasteiger charge is -2.14. The van der Waals surface area contributed by atoms with Gasteiger partial charge in [0.1, 0.15) is 0 Å². The van der Waals surface area contributed by atoms with Crippen molar-refractivity contribution in [3.63, 3.8) is 0 Å². The molecule has 0 aliphatic carbocycles. The number of hydrogen-bond acceptors (Lipinski definition) is 2. The van der Waals surface area contributed by atoms with Crippen molar-refractivity contribution in [2.75, 3.05) is 19.6 Å². The van der Waals surface area contributed by atoms with E-state index in [-0.39, 0.29) is 0 Å². The number of unbranched alkanes of at least 4 members (excludes halogenated alkanes) is 10. The standard InChI is InChI=1S/C19H42N2/c1-4-6-8-10-12-14-16-20-18-19(3)21-17-15-13-11-9-7-5-2/h19-21H,4-18H2,1-3H3. The fraction of sp³-hybridized carbons (Fsp3) is 1.00. The molecule has 1 unspecified atom stereocenters. The summed E-state index contributed by atoms with van der Waals surface area (Å²) in [5.74, 6) is 0. The molecule has 0 rings (SSSR count). The maximum atomic E-state index is 3.63. The van der Waals surface area contributed by atoms with E-state index in [0.29, 0.717) is 6.04 Å². The van der Waals surface area contributed by atoms with Crippen molar-refractivity contribution in [3.05, 3.63) is 0 Å². The van der Waals surface area contributed by atoms with E-state index in [1.807, 2.05) is 0 Å². The van der Waals surface area contributed by atoms with Gasteiger partial charge in [-0.2, -0.15) is 0 Å². The lowest BCUT2D eigenvalue weighted by molar-refractivity contribution is 0.476. The third-order valence-electron chi connectivity index (χ3n) is 4.18. The quantitative estimate of drug-likeness (QED) is 0.357. The third kappa shape index (κ3) is 17.9. The van der Waals surface area contributed by atoms with E-state index in [0.717, 1.165) is 6.54 Å². The lowest BCUT2D eigenvalue weighted by atomic mass is 10.1. The van der Waals surface area contributed by atoms with Gasteiger partial charge in [0.05, 0.1) is 0 Å². The van der Waals surface area contributed by atoms with Crippen LogP contribution in [0, 0.1) is 0 Å². The molecule has 128 valence electrons. The van der Waals surface area contributed by atoms with Crippen LogP contribution in [0.2, 0.25) is 0 Å². The Morgan fingerprint density at radius 1 is 0.619 bits per heavy atom. The predicted octanol–water partition coefficient (Wildman–Crippen LogP) is 5.28. The summed E-state index contributed by atoms with van der Waals surface area (Å²) in [7, 11) is 0. The van der Waals surface area contributed by atoms with Gasteiger partial charge in [0.25, 0.3) is 0 Å². The van der Waals surface area contributed by atoms with Crippen LogP contribution in [0.25, 0.3) is 0 Å². The van der Waals surface area contributed by atoms with Gasteiger partial charge in [-0.3, -0.25) is 0 Å². The second-order valence-electron chi connectivity index (χ2n) is 6.59. The monoisotopic (exact) mass is 298 g/mol. The summed E-state index contributed by atoms with van der Waals surface area (Å²) < 4.78 is 0. The number of hydrogen-bond donors (Lipinski definition) is 2. The summed E-state index contributed by atoms with van der Waals surface area (Å²) in [6.45, 7) is 10.3. The normalized spacial score (nSPS) is 12.7. The minimum absolute atomic E-state index is 0.612. The van der Waals surface area contributed by atoms with E-state index in [4.69, 9.17) is 0 Å². The van der Waals surface area contributed by atoms with Crippen LogP contribution in [0.15, 0.2) is 0 Å². The second-order valence-corrected chi connectivity index (χ2v) is 6.59. The molecule has 0 radical (unpaired) electrons. The molecular weight excluding hydrogens is 256 g/mol. The summed E-state index contributed by atoms with van der Waals surface area (Å²) >= 11 is 0. The van der Waals surface area contributed by atoms with Gasteiger partial charge >= 0.3 is 0 Å². The Balaban J connectivity index is 3.11. The fourth-order valence-corrected chi connectivity index (χ4v) is 2.67. The van der Waals surface area contributed by atoms with Crippen LogP contribution < -0.4 is 10.6 Å². The number of rotatable bonds is 17. The molecule has 21 heavy (non-hydrogen) atoms. The van der Waals surface area contributed by atoms with Crippen LogP contribution in [0.1, 0.15) is 97.8 Å². The highest BCUT2D eigenvalue weighted by Crippen LogP contribution is 2.05. The van der Waals surface area contributed by atoms with Gasteiger partial charge in [0.2, 0.25) is 0 Å². The van der Waals surface area contributed by atoms with Crippen molar-refractivity contribution in [3.8, 4) is 0 Å². The first-order valence-electron chi connectivity index (χ1n) is 9.75. The van der Waals surface area contributed by atoms with Crippen LogP contribution in [0.4, 0.5) is 0 Å². The Kier molecular flexibility index (Phi) is 17.9. The van der Waals surface area contributed by atoms with Gasteiger partial charge in [0, 0.05) is 12.6 Å². The van der Waals surface area contributed by atoms with E-state index in [2.05, 4.69) is 31.4 Å². The smallest absolute Gasteiger partial charge is 0.0164 e. The van der Waals surface area contributed by atoms with Crippen molar-refractivity contribution < 1.29 is 0 Å². The highest BCUT2D eigenvalue weighted by molar-refractivity contribution is 4.64. The maximum absolute atomic E-state index is 3.63. The summed E-state index contributed by atoms with van der Waals surface area (Å²) in [4.78, 5) is 0. The minimum atomic E-state index is 0.612. The van der Waals surface area contributed by atoms with Crippen molar-refractivity contribution in [1.29, 1.82) is 0 Å². The van der Waals surface area contributed by atoms with Crippen LogP contribution in [-0.2, 0) is 0 Å². The molecule has 0 amide bonds. The molecule has 2 heteroatoms. The lowest BCUT2D eigenvalue weighted by Crippen LogP contribution is -2.37. The molecule has 0 fully saturated rings. The molecule has 0 aliphatic rings. The van der Waals surface area contributed by atoms with Crippen LogP contribution in [0.5, 0.6) is 0 Å². The molecule has 0 bridgehead atoms. The number of nitrogens with one attached hydrogen (secondary N) is 2. The molecule has 0 aromatic heterocycles. The van der Waals surface area contributed by atoms with Gasteiger partial charge in [-0.05, 0) is 32.9 Å². The first-order chi connectivity index (χ1) is 10.3. The molecule has 0 aromatic carbocycles. The molecule has 1 atom stereocenters. The Morgan fingerprint density at radius 3 is 1.67 bits per heavy atom. The Hall–Kier alpha value is -0.0800. The molecule has 0 aromatic rings. The SMILES string of the molecule is CCCCCCCCNCC(C)NCCCCCCCC. The maximum Gasteiger partial charge on any atom is 0.0164 e. The molecule has 0 saturated heterocycles. The summed E-state index contributed by atoms with van der Waals surface area (Å²) in [6, 6.07) is 0.612. The summed E-state index contributed by atoms with van der Waals surface area (Å²) in [5, 5.41) is 7.21. The zero-order valence-electron chi connectivity index (χ0n) is 15.2. The zero-order valence-corrected chi connectivity index (χ0v) is 15.2. The second kappa shape index (κ2) is 18.0. The fourth-order valence-electron chi connectivity index (χ4n) is 2.67. The molecule has 2 nitrogen and oxygen atoms in total. The molecule has 0 heterocycles. The largest absolute Gasteiger partial charge is 0.315 e. The molecule has 0 saturated carbocycles. The topological polar surface area (TPSA) is 24.1 Å². The Labute approximate surface area is 134 Å². The van der Waals surface area contributed by atoms with Gasteiger partial charge in [-0.25, -0.2) is 0 Å². The Bertz CT molecular complexity index is 182. The first kappa shape index (κ1) is 20.9.